The van der Waals surface area contributed by atoms with E-state index in [9.17, 15) is 23.2 Å². The lowest BCUT2D eigenvalue weighted by atomic mass is 10.0. The third kappa shape index (κ3) is 9.93. The number of alkyl halides is 2. The maximum Gasteiger partial charge on any atom is 0.408 e. The number of esters is 1. The zero-order valence-electron chi connectivity index (χ0n) is 16.4. The molecule has 0 heterocycles. The minimum absolute atomic E-state index is 0.0640. The van der Waals surface area contributed by atoms with Gasteiger partial charge < -0.3 is 24.8 Å². The van der Waals surface area contributed by atoms with Crippen molar-refractivity contribution in [2.45, 2.75) is 45.4 Å². The number of nitrogens with one attached hydrogen (secondary N) is 2. The molecule has 0 aromatic heterocycles. The lowest BCUT2D eigenvalue weighted by molar-refractivity contribution is -0.141. The predicted molar refractivity (Wildman–Crippen MR) is 99.8 cm³/mol. The van der Waals surface area contributed by atoms with E-state index in [0.717, 1.165) is 13.2 Å². The Morgan fingerprint density at radius 2 is 1.83 bits per heavy atom. The van der Waals surface area contributed by atoms with E-state index in [1.54, 1.807) is 20.8 Å². The van der Waals surface area contributed by atoms with Gasteiger partial charge in [0.25, 0.3) is 0 Å². The van der Waals surface area contributed by atoms with Gasteiger partial charge in [0.1, 0.15) is 17.9 Å². The Balaban J connectivity index is 2.91. The van der Waals surface area contributed by atoms with E-state index in [4.69, 9.17) is 16.3 Å². The van der Waals surface area contributed by atoms with Crippen molar-refractivity contribution in [1.29, 1.82) is 0 Å². The second-order valence-corrected chi connectivity index (χ2v) is 7.29. The molecule has 0 bridgehead atoms. The fraction of sp³-hybridized carbons (Fsp3) is 0.500. The molecule has 1 atom stereocenters. The van der Waals surface area contributed by atoms with Gasteiger partial charge in [-0.05, 0) is 44.5 Å². The van der Waals surface area contributed by atoms with Crippen LogP contribution >= 0.6 is 11.6 Å². The molecule has 0 spiro atoms. The highest BCUT2D eigenvalue weighted by atomic mass is 35.5. The molecule has 29 heavy (non-hydrogen) atoms. The highest BCUT2D eigenvalue weighted by Gasteiger charge is 2.22. The molecule has 11 heteroatoms. The molecule has 0 aliphatic rings. The zero-order valence-corrected chi connectivity index (χ0v) is 17.1. The van der Waals surface area contributed by atoms with Crippen LogP contribution in [0.2, 0.25) is 5.02 Å². The van der Waals surface area contributed by atoms with Crippen LogP contribution in [0.3, 0.4) is 0 Å². The number of carbonyl (C=O) groups excluding carboxylic acids is 3. The number of ether oxygens (including phenoxy) is 3. The first kappa shape index (κ1) is 24.4. The molecule has 1 aromatic rings. The van der Waals surface area contributed by atoms with Crippen molar-refractivity contribution in [3.05, 3.63) is 28.8 Å². The van der Waals surface area contributed by atoms with Crippen LogP contribution in [0, 0.1) is 0 Å². The molecule has 0 fully saturated rings. The highest BCUT2D eigenvalue weighted by molar-refractivity contribution is 6.30. The van der Waals surface area contributed by atoms with Gasteiger partial charge in [-0.3, -0.25) is 9.59 Å². The highest BCUT2D eigenvalue weighted by Crippen LogP contribution is 2.28. The number of methoxy groups -OCH3 is 1. The lowest BCUT2D eigenvalue weighted by Crippen LogP contribution is -2.41. The third-order valence-electron chi connectivity index (χ3n) is 3.25. The number of benzene rings is 1. The van der Waals surface area contributed by atoms with Crippen LogP contribution in [0.4, 0.5) is 13.6 Å². The molecule has 0 unspecified atom stereocenters. The summed E-state index contributed by atoms with van der Waals surface area (Å²) in [6.45, 7) is 1.48. The Morgan fingerprint density at radius 1 is 1.17 bits per heavy atom. The summed E-state index contributed by atoms with van der Waals surface area (Å²) in [5.41, 5.74) is -0.500. The molecule has 0 aliphatic heterocycles. The Kier molecular flexibility index (Phi) is 9.09. The van der Waals surface area contributed by atoms with Crippen molar-refractivity contribution < 1.29 is 37.4 Å². The van der Waals surface area contributed by atoms with Crippen molar-refractivity contribution >= 4 is 29.6 Å². The Labute approximate surface area is 171 Å². The number of carbonyl (C=O) groups is 3. The van der Waals surface area contributed by atoms with Gasteiger partial charge in [0.15, 0.2) is 0 Å². The molecule has 0 aliphatic carbocycles. The summed E-state index contributed by atoms with van der Waals surface area (Å²) in [5.74, 6) is -1.55. The minimum atomic E-state index is -3.08. The molecule has 0 saturated carbocycles. The molecule has 1 rings (SSSR count). The first-order chi connectivity index (χ1) is 13.4. The van der Waals surface area contributed by atoms with Crippen molar-refractivity contribution in [1.82, 2.24) is 10.6 Å². The van der Waals surface area contributed by atoms with Crippen LogP contribution in [0.5, 0.6) is 5.75 Å². The first-order valence-electron chi connectivity index (χ1n) is 8.48. The van der Waals surface area contributed by atoms with Gasteiger partial charge >= 0.3 is 18.7 Å². The molecule has 162 valence electrons. The Bertz CT molecular complexity index is 740. The largest absolute Gasteiger partial charge is 0.469 e. The summed E-state index contributed by atoms with van der Waals surface area (Å²) < 4.78 is 38.9. The Hall–Kier alpha value is -2.62. The second kappa shape index (κ2) is 10.8. The van der Waals surface area contributed by atoms with Crippen molar-refractivity contribution in [2.75, 3.05) is 13.7 Å². The average molecular weight is 437 g/mol. The van der Waals surface area contributed by atoms with Gasteiger partial charge in [-0.2, -0.15) is 8.78 Å². The lowest BCUT2D eigenvalue weighted by Gasteiger charge is -2.21. The average Bonchev–Trinajstić information content (AvgIpc) is 2.56. The molecule has 8 nitrogen and oxygen atoms in total. The maximum absolute atomic E-state index is 12.5. The van der Waals surface area contributed by atoms with Gasteiger partial charge in [0.05, 0.1) is 19.6 Å². The van der Waals surface area contributed by atoms with E-state index in [1.807, 2.05) is 0 Å². The topological polar surface area (TPSA) is 103 Å². The van der Waals surface area contributed by atoms with Crippen molar-refractivity contribution in [3.63, 3.8) is 0 Å². The molecular weight excluding hydrogens is 414 g/mol. The summed E-state index contributed by atoms with van der Waals surface area (Å²) in [7, 11) is 1.16. The predicted octanol–water partition coefficient (Wildman–Crippen LogP) is 3.19. The van der Waals surface area contributed by atoms with E-state index < -0.39 is 42.8 Å². The molecular formula is C18H23ClF2N2O6. The number of amides is 2. The van der Waals surface area contributed by atoms with Crippen LogP contribution in [-0.4, -0.2) is 43.8 Å². The SMILES string of the molecule is COC(=O)C[C@H](NC(=O)CNC(=O)OC(C)(C)C)c1cc(Cl)cc(OC(F)F)c1. The first-order valence-corrected chi connectivity index (χ1v) is 8.85. The normalized spacial score (nSPS) is 12.1. The van der Waals surface area contributed by atoms with Crippen LogP contribution in [0.25, 0.3) is 0 Å². The van der Waals surface area contributed by atoms with Gasteiger partial charge in [-0.15, -0.1) is 0 Å². The Morgan fingerprint density at radius 3 is 2.38 bits per heavy atom. The molecule has 2 N–H and O–H groups in total. The van der Waals surface area contributed by atoms with Crippen LogP contribution in [0.1, 0.15) is 38.8 Å². The molecule has 0 radical (unpaired) electrons. The molecule has 0 saturated heterocycles. The van der Waals surface area contributed by atoms with Crippen LogP contribution in [-0.2, 0) is 19.1 Å². The fourth-order valence-corrected chi connectivity index (χ4v) is 2.40. The van der Waals surface area contributed by atoms with Gasteiger partial charge in [0.2, 0.25) is 5.91 Å². The fourth-order valence-electron chi connectivity index (χ4n) is 2.17. The summed E-state index contributed by atoms with van der Waals surface area (Å²) >= 11 is 5.92. The standard InChI is InChI=1S/C18H23ClF2N2O6/c1-18(2,3)29-17(26)22-9-14(24)23-13(8-15(25)27-4)10-5-11(19)7-12(6-10)28-16(20)21/h5-7,13,16H,8-9H2,1-4H3,(H,22,26)(H,23,24)/t13-/m0/s1. The smallest absolute Gasteiger partial charge is 0.408 e. The number of rotatable bonds is 8. The van der Waals surface area contributed by atoms with Gasteiger partial charge in [-0.1, -0.05) is 11.6 Å². The number of halogens is 3. The quantitative estimate of drug-likeness (QED) is 0.607. The summed E-state index contributed by atoms with van der Waals surface area (Å²) in [6.07, 6.45) is -1.10. The summed E-state index contributed by atoms with van der Waals surface area (Å²) in [6, 6.07) is 2.80. The van der Waals surface area contributed by atoms with Gasteiger partial charge in [-0.25, -0.2) is 4.79 Å². The third-order valence-corrected chi connectivity index (χ3v) is 3.47. The minimum Gasteiger partial charge on any atom is -0.469 e. The zero-order chi connectivity index (χ0) is 22.2. The summed E-state index contributed by atoms with van der Waals surface area (Å²) in [5, 5.41) is 4.85. The second-order valence-electron chi connectivity index (χ2n) is 6.85. The molecule has 1 aromatic carbocycles. The van der Waals surface area contributed by atoms with E-state index in [-0.39, 0.29) is 22.8 Å². The molecule has 2 amide bonds. The monoisotopic (exact) mass is 436 g/mol. The summed E-state index contributed by atoms with van der Waals surface area (Å²) in [4.78, 5) is 35.5. The number of hydrogen-bond acceptors (Lipinski definition) is 6. The number of hydrogen-bond donors (Lipinski definition) is 2. The van der Waals surface area contributed by atoms with E-state index >= 15 is 0 Å². The van der Waals surface area contributed by atoms with Crippen molar-refractivity contribution in [2.24, 2.45) is 0 Å². The maximum atomic E-state index is 12.5. The van der Waals surface area contributed by atoms with Crippen LogP contribution in [0.15, 0.2) is 18.2 Å². The van der Waals surface area contributed by atoms with E-state index in [2.05, 4.69) is 20.1 Å². The van der Waals surface area contributed by atoms with Crippen molar-refractivity contribution in [3.8, 4) is 5.75 Å². The van der Waals surface area contributed by atoms with Crippen LogP contribution < -0.4 is 15.4 Å². The van der Waals surface area contributed by atoms with Gasteiger partial charge in [0, 0.05) is 5.02 Å². The number of alkyl carbamates (subject to hydrolysis) is 1. The van der Waals surface area contributed by atoms with E-state index in [0.29, 0.717) is 0 Å². The van der Waals surface area contributed by atoms with E-state index in [1.165, 1.54) is 12.1 Å².